The minimum atomic E-state index is -0.0265. The molecule has 132 valence electrons. The summed E-state index contributed by atoms with van der Waals surface area (Å²) in [4.78, 5) is 26.3. The molecule has 1 fully saturated rings. The normalized spacial score (nSPS) is 15.2. The predicted octanol–water partition coefficient (Wildman–Crippen LogP) is 1.49. The lowest BCUT2D eigenvalue weighted by Gasteiger charge is -2.32. The molecule has 1 aliphatic rings. The molecule has 3 heterocycles. The Kier molecular flexibility index (Phi) is 5.90. The second-order valence-corrected chi connectivity index (χ2v) is 6.23. The van der Waals surface area contributed by atoms with Crippen LogP contribution in [-0.4, -0.2) is 58.0 Å². The molecule has 0 atom stereocenters. The molecule has 0 radical (unpaired) electrons. The number of carbonyl (C=O) groups excluding carboxylic acids is 1. The third-order valence-electron chi connectivity index (χ3n) is 4.46. The third kappa shape index (κ3) is 4.73. The van der Waals surface area contributed by atoms with Gasteiger partial charge < -0.3 is 15.5 Å². The van der Waals surface area contributed by atoms with Gasteiger partial charge in [-0.15, -0.1) is 0 Å². The number of pyridine rings is 1. The van der Waals surface area contributed by atoms with Crippen molar-refractivity contribution >= 4 is 11.6 Å². The largest absolute Gasteiger partial charge is 0.383 e. The predicted molar refractivity (Wildman–Crippen MR) is 96.4 cm³/mol. The number of aromatic nitrogens is 3. The summed E-state index contributed by atoms with van der Waals surface area (Å²) in [6.45, 7) is 5.31. The zero-order valence-electron chi connectivity index (χ0n) is 14.5. The third-order valence-corrected chi connectivity index (χ3v) is 4.46. The first kappa shape index (κ1) is 17.3. The smallest absolute Gasteiger partial charge is 0.274 e. The molecule has 0 spiro atoms. The second kappa shape index (κ2) is 8.53. The number of hydrogen-bond acceptors (Lipinski definition) is 6. The standard InChI is InChI=1S/C18H24N6O/c1-14-12-19-5-2-16(14)22-9-8-21-15-3-10-24(11-4-15)18(25)17-13-20-6-7-23-17/h2,5-7,12-13,15,21H,3-4,8-11H2,1H3,(H,19,22). The van der Waals surface area contributed by atoms with Crippen LogP contribution in [0.5, 0.6) is 0 Å². The lowest BCUT2D eigenvalue weighted by molar-refractivity contribution is 0.0699. The molecule has 3 rings (SSSR count). The Morgan fingerprint density at radius 3 is 2.68 bits per heavy atom. The van der Waals surface area contributed by atoms with E-state index in [0.717, 1.165) is 50.3 Å². The Bertz CT molecular complexity index is 685. The van der Waals surface area contributed by atoms with Gasteiger partial charge in [0.1, 0.15) is 5.69 Å². The van der Waals surface area contributed by atoms with Crippen LogP contribution in [0.25, 0.3) is 0 Å². The van der Waals surface area contributed by atoms with Gasteiger partial charge in [-0.25, -0.2) is 4.98 Å². The molecule has 25 heavy (non-hydrogen) atoms. The van der Waals surface area contributed by atoms with Crippen LogP contribution in [0, 0.1) is 6.92 Å². The van der Waals surface area contributed by atoms with Gasteiger partial charge >= 0.3 is 0 Å². The van der Waals surface area contributed by atoms with E-state index in [1.165, 1.54) is 6.20 Å². The van der Waals surface area contributed by atoms with E-state index in [9.17, 15) is 4.79 Å². The van der Waals surface area contributed by atoms with Crippen molar-refractivity contribution in [1.29, 1.82) is 0 Å². The van der Waals surface area contributed by atoms with Gasteiger partial charge in [-0.1, -0.05) is 0 Å². The van der Waals surface area contributed by atoms with E-state index in [-0.39, 0.29) is 5.91 Å². The molecule has 7 heteroatoms. The Morgan fingerprint density at radius 1 is 1.16 bits per heavy atom. The number of amides is 1. The van der Waals surface area contributed by atoms with Gasteiger partial charge in [0.2, 0.25) is 0 Å². The Labute approximate surface area is 147 Å². The van der Waals surface area contributed by atoms with E-state index >= 15 is 0 Å². The van der Waals surface area contributed by atoms with Crippen molar-refractivity contribution in [2.75, 3.05) is 31.5 Å². The molecule has 1 aliphatic heterocycles. The summed E-state index contributed by atoms with van der Waals surface area (Å²) in [5.74, 6) is -0.0265. The number of anilines is 1. The maximum atomic E-state index is 12.3. The molecular weight excluding hydrogens is 316 g/mol. The van der Waals surface area contributed by atoms with Crippen molar-refractivity contribution < 1.29 is 4.79 Å². The number of piperidine rings is 1. The van der Waals surface area contributed by atoms with E-state index < -0.39 is 0 Å². The van der Waals surface area contributed by atoms with Gasteiger partial charge in [0.15, 0.2) is 0 Å². The van der Waals surface area contributed by atoms with Crippen molar-refractivity contribution in [3.05, 3.63) is 48.3 Å². The number of aryl methyl sites for hydroxylation is 1. The maximum absolute atomic E-state index is 12.3. The zero-order valence-corrected chi connectivity index (χ0v) is 14.5. The van der Waals surface area contributed by atoms with Crippen molar-refractivity contribution in [3.63, 3.8) is 0 Å². The first-order valence-corrected chi connectivity index (χ1v) is 8.67. The van der Waals surface area contributed by atoms with Crippen LogP contribution in [0.15, 0.2) is 37.1 Å². The minimum Gasteiger partial charge on any atom is -0.383 e. The van der Waals surface area contributed by atoms with Crippen LogP contribution in [0.1, 0.15) is 28.9 Å². The Hall–Kier alpha value is -2.54. The SMILES string of the molecule is Cc1cnccc1NCCNC1CCN(C(=O)c2cnccn2)CC1. The molecule has 1 amide bonds. The highest BCUT2D eigenvalue weighted by Crippen LogP contribution is 2.13. The highest BCUT2D eigenvalue weighted by Gasteiger charge is 2.23. The Balaban J connectivity index is 1.37. The molecule has 1 saturated heterocycles. The van der Waals surface area contributed by atoms with Crippen molar-refractivity contribution in [2.45, 2.75) is 25.8 Å². The molecule has 2 N–H and O–H groups in total. The average molecular weight is 340 g/mol. The molecule has 0 aromatic carbocycles. The van der Waals surface area contributed by atoms with Gasteiger partial charge in [-0.05, 0) is 31.4 Å². The summed E-state index contributed by atoms with van der Waals surface area (Å²) >= 11 is 0. The number of likely N-dealkylation sites (tertiary alicyclic amines) is 1. The number of hydrogen-bond donors (Lipinski definition) is 2. The van der Waals surface area contributed by atoms with Gasteiger partial charge in [-0.2, -0.15) is 0 Å². The van der Waals surface area contributed by atoms with Crippen molar-refractivity contribution in [3.8, 4) is 0 Å². The van der Waals surface area contributed by atoms with Crippen LogP contribution in [0.2, 0.25) is 0 Å². The fourth-order valence-corrected chi connectivity index (χ4v) is 3.00. The quantitative estimate of drug-likeness (QED) is 0.775. The molecule has 2 aromatic heterocycles. The molecule has 2 aromatic rings. The van der Waals surface area contributed by atoms with Gasteiger partial charge in [0.05, 0.1) is 6.20 Å². The van der Waals surface area contributed by atoms with E-state index in [0.29, 0.717) is 11.7 Å². The van der Waals surface area contributed by atoms with Crippen LogP contribution in [-0.2, 0) is 0 Å². The lowest BCUT2D eigenvalue weighted by Crippen LogP contribution is -2.46. The summed E-state index contributed by atoms with van der Waals surface area (Å²) in [5.41, 5.74) is 2.70. The number of rotatable bonds is 6. The topological polar surface area (TPSA) is 83.0 Å². The number of nitrogens with one attached hydrogen (secondary N) is 2. The summed E-state index contributed by atoms with van der Waals surface area (Å²) < 4.78 is 0. The molecule has 0 unspecified atom stereocenters. The van der Waals surface area contributed by atoms with E-state index in [2.05, 4.69) is 25.6 Å². The molecule has 0 bridgehead atoms. The summed E-state index contributed by atoms with van der Waals surface area (Å²) in [6.07, 6.45) is 10.2. The molecular formula is C18H24N6O. The number of carbonyl (C=O) groups is 1. The van der Waals surface area contributed by atoms with Gasteiger partial charge in [-0.3, -0.25) is 14.8 Å². The Morgan fingerprint density at radius 2 is 1.96 bits per heavy atom. The average Bonchev–Trinajstić information content (AvgIpc) is 2.67. The molecule has 7 nitrogen and oxygen atoms in total. The van der Waals surface area contributed by atoms with E-state index in [1.807, 2.05) is 24.1 Å². The van der Waals surface area contributed by atoms with Crippen LogP contribution in [0.3, 0.4) is 0 Å². The van der Waals surface area contributed by atoms with Crippen molar-refractivity contribution in [1.82, 2.24) is 25.2 Å². The van der Waals surface area contributed by atoms with E-state index in [1.54, 1.807) is 18.6 Å². The van der Waals surface area contributed by atoms with Gasteiger partial charge in [0, 0.05) is 62.7 Å². The van der Waals surface area contributed by atoms with Crippen LogP contribution >= 0.6 is 0 Å². The van der Waals surface area contributed by atoms with Crippen molar-refractivity contribution in [2.24, 2.45) is 0 Å². The molecule has 0 saturated carbocycles. The number of nitrogens with zero attached hydrogens (tertiary/aromatic N) is 4. The first-order valence-electron chi connectivity index (χ1n) is 8.67. The monoisotopic (exact) mass is 340 g/mol. The zero-order chi connectivity index (χ0) is 17.5. The lowest BCUT2D eigenvalue weighted by atomic mass is 10.0. The van der Waals surface area contributed by atoms with Gasteiger partial charge in [0.25, 0.3) is 5.91 Å². The first-order chi connectivity index (χ1) is 12.2. The maximum Gasteiger partial charge on any atom is 0.274 e. The summed E-state index contributed by atoms with van der Waals surface area (Å²) in [6, 6.07) is 2.44. The minimum absolute atomic E-state index is 0.0265. The fraction of sp³-hybridized carbons (Fsp3) is 0.444. The van der Waals surface area contributed by atoms with Crippen LogP contribution in [0.4, 0.5) is 5.69 Å². The summed E-state index contributed by atoms with van der Waals surface area (Å²) in [5, 5.41) is 6.99. The fourth-order valence-electron chi connectivity index (χ4n) is 3.00. The summed E-state index contributed by atoms with van der Waals surface area (Å²) in [7, 11) is 0. The second-order valence-electron chi connectivity index (χ2n) is 6.23. The molecule has 0 aliphatic carbocycles. The highest BCUT2D eigenvalue weighted by molar-refractivity contribution is 5.92. The van der Waals surface area contributed by atoms with E-state index in [4.69, 9.17) is 0 Å². The van der Waals surface area contributed by atoms with Crippen LogP contribution < -0.4 is 10.6 Å². The highest BCUT2D eigenvalue weighted by atomic mass is 16.2.